The number of hydrogen-bond donors (Lipinski definition) is 1. The predicted octanol–water partition coefficient (Wildman–Crippen LogP) is 5.92. The summed E-state index contributed by atoms with van der Waals surface area (Å²) in [4.78, 5) is 7.26. The Hall–Kier alpha value is -1.88. The summed E-state index contributed by atoms with van der Waals surface area (Å²) in [5.41, 5.74) is 5.36. The van der Waals surface area contributed by atoms with Crippen LogP contribution in [0.25, 0.3) is 0 Å². The second-order valence-corrected chi connectivity index (χ2v) is 9.85. The van der Waals surface area contributed by atoms with Crippen LogP contribution in [0.2, 0.25) is 0 Å². The molecule has 1 saturated heterocycles. The summed E-state index contributed by atoms with van der Waals surface area (Å²) < 4.78 is 2.64. The minimum Gasteiger partial charge on any atom is -0.352 e. The van der Waals surface area contributed by atoms with Crippen molar-refractivity contribution in [3.63, 3.8) is 0 Å². The van der Waals surface area contributed by atoms with E-state index in [1.807, 2.05) is 12.3 Å². The van der Waals surface area contributed by atoms with Crippen molar-refractivity contribution in [2.24, 2.45) is 0 Å². The molecule has 0 amide bonds. The average molecular weight is 423 g/mol. The molecule has 3 heterocycles. The number of thiocarbonyl (C=S) groups is 1. The zero-order valence-electron chi connectivity index (χ0n) is 18.3. The van der Waals surface area contributed by atoms with Crippen LogP contribution in [0.5, 0.6) is 0 Å². The number of pyridine rings is 1. The summed E-state index contributed by atoms with van der Waals surface area (Å²) >= 11 is 5.92. The molecule has 0 spiro atoms. The van der Waals surface area contributed by atoms with Gasteiger partial charge in [-0.3, -0.25) is 4.98 Å². The molecule has 160 valence electrons. The third-order valence-corrected chi connectivity index (χ3v) is 7.96. The van der Waals surface area contributed by atoms with Gasteiger partial charge in [-0.05, 0) is 75.5 Å². The number of hydrogen-bond acceptors (Lipinski definition) is 2. The summed E-state index contributed by atoms with van der Waals surface area (Å²) in [6.07, 6.45) is 13.7. The first-order chi connectivity index (χ1) is 14.6. The van der Waals surface area contributed by atoms with Gasteiger partial charge in [0, 0.05) is 29.7 Å². The lowest BCUT2D eigenvalue weighted by Gasteiger charge is -2.33. The van der Waals surface area contributed by atoms with Gasteiger partial charge in [-0.25, -0.2) is 0 Å². The Bertz CT molecular complexity index is 893. The van der Waals surface area contributed by atoms with Gasteiger partial charge in [0.25, 0.3) is 0 Å². The molecule has 2 aromatic rings. The van der Waals surface area contributed by atoms with Crippen molar-refractivity contribution in [1.82, 2.24) is 19.8 Å². The second-order valence-electron chi connectivity index (χ2n) is 9.46. The Morgan fingerprint density at radius 3 is 2.37 bits per heavy atom. The highest BCUT2D eigenvalue weighted by atomic mass is 32.1. The van der Waals surface area contributed by atoms with Gasteiger partial charge in [-0.15, -0.1) is 0 Å². The summed E-state index contributed by atoms with van der Waals surface area (Å²) in [5, 5.41) is 4.57. The third kappa shape index (κ3) is 3.45. The molecular formula is C25H34N4S. The molecule has 5 heteroatoms. The van der Waals surface area contributed by atoms with Crippen LogP contribution in [0.4, 0.5) is 0 Å². The van der Waals surface area contributed by atoms with Crippen LogP contribution in [0.1, 0.15) is 98.6 Å². The molecule has 30 heavy (non-hydrogen) atoms. The van der Waals surface area contributed by atoms with Crippen molar-refractivity contribution < 1.29 is 0 Å². The van der Waals surface area contributed by atoms with E-state index in [1.165, 1.54) is 74.7 Å². The van der Waals surface area contributed by atoms with Gasteiger partial charge in [-0.2, -0.15) is 0 Å². The summed E-state index contributed by atoms with van der Waals surface area (Å²) in [5.74, 6) is 0. The summed E-state index contributed by atoms with van der Waals surface area (Å²) in [6, 6.07) is 10.2. The molecule has 0 radical (unpaired) electrons. The Balaban J connectivity index is 1.58. The molecule has 0 unspecified atom stereocenters. The van der Waals surface area contributed by atoms with Gasteiger partial charge < -0.3 is 14.8 Å². The molecule has 1 N–H and O–H groups in total. The topological polar surface area (TPSA) is 33.1 Å². The van der Waals surface area contributed by atoms with Crippen LogP contribution < -0.4 is 5.32 Å². The summed E-state index contributed by atoms with van der Waals surface area (Å²) in [6.45, 7) is 4.63. The quantitative estimate of drug-likeness (QED) is 0.620. The van der Waals surface area contributed by atoms with Gasteiger partial charge in [-0.1, -0.05) is 38.2 Å². The number of aromatic nitrogens is 2. The van der Waals surface area contributed by atoms with E-state index in [0.717, 1.165) is 10.8 Å². The number of aryl methyl sites for hydroxylation is 1. The third-order valence-electron chi connectivity index (χ3n) is 7.64. The van der Waals surface area contributed by atoms with Crippen molar-refractivity contribution in [3.8, 4) is 0 Å². The van der Waals surface area contributed by atoms with Crippen LogP contribution in [0, 0.1) is 13.8 Å². The number of rotatable bonds is 4. The molecule has 4 nitrogen and oxygen atoms in total. The number of nitrogens with one attached hydrogen (secondary N) is 1. The Morgan fingerprint density at radius 1 is 0.967 bits per heavy atom. The SMILES string of the molecule is Cc1cc([C@@H]2[C@@H](c3ccccn3)NC(=S)N2C2CCCC2)c(C)n1C1CCCCC1. The molecule has 2 atom stereocenters. The first-order valence-electron chi connectivity index (χ1n) is 11.8. The van der Waals surface area contributed by atoms with E-state index < -0.39 is 0 Å². The van der Waals surface area contributed by atoms with E-state index in [0.29, 0.717) is 12.1 Å². The van der Waals surface area contributed by atoms with Gasteiger partial charge >= 0.3 is 0 Å². The van der Waals surface area contributed by atoms with Crippen molar-refractivity contribution in [2.45, 2.75) is 95.8 Å². The van der Waals surface area contributed by atoms with Crippen LogP contribution >= 0.6 is 12.2 Å². The van der Waals surface area contributed by atoms with E-state index in [2.05, 4.69) is 46.8 Å². The van der Waals surface area contributed by atoms with Crippen molar-refractivity contribution in [2.75, 3.05) is 0 Å². The Morgan fingerprint density at radius 2 is 1.67 bits per heavy atom. The maximum Gasteiger partial charge on any atom is 0.170 e. The van der Waals surface area contributed by atoms with E-state index in [9.17, 15) is 0 Å². The average Bonchev–Trinajstić information content (AvgIpc) is 3.47. The van der Waals surface area contributed by atoms with Crippen molar-refractivity contribution in [3.05, 3.63) is 53.1 Å². The van der Waals surface area contributed by atoms with Crippen LogP contribution in [-0.4, -0.2) is 25.6 Å². The lowest BCUT2D eigenvalue weighted by atomic mass is 9.94. The number of nitrogens with zero attached hydrogens (tertiary/aromatic N) is 3. The Kier molecular flexibility index (Phi) is 5.57. The lowest BCUT2D eigenvalue weighted by molar-refractivity contribution is 0.244. The molecule has 0 aromatic carbocycles. The van der Waals surface area contributed by atoms with Gasteiger partial charge in [0.05, 0.1) is 17.8 Å². The van der Waals surface area contributed by atoms with Gasteiger partial charge in [0.1, 0.15) is 0 Å². The molecule has 0 bridgehead atoms. The van der Waals surface area contributed by atoms with Crippen LogP contribution in [0.15, 0.2) is 30.5 Å². The highest BCUT2D eigenvalue weighted by Crippen LogP contribution is 2.45. The zero-order valence-corrected chi connectivity index (χ0v) is 19.1. The minimum atomic E-state index is 0.111. The molecule has 3 aliphatic rings. The van der Waals surface area contributed by atoms with E-state index >= 15 is 0 Å². The van der Waals surface area contributed by atoms with E-state index in [1.54, 1.807) is 0 Å². The van der Waals surface area contributed by atoms with Crippen LogP contribution in [-0.2, 0) is 0 Å². The maximum absolute atomic E-state index is 5.92. The molecule has 2 saturated carbocycles. The van der Waals surface area contributed by atoms with Crippen LogP contribution in [0.3, 0.4) is 0 Å². The molecule has 2 aliphatic carbocycles. The lowest BCUT2D eigenvalue weighted by Crippen LogP contribution is -2.37. The van der Waals surface area contributed by atoms with Crippen molar-refractivity contribution in [1.29, 1.82) is 0 Å². The zero-order chi connectivity index (χ0) is 20.7. The van der Waals surface area contributed by atoms with E-state index in [-0.39, 0.29) is 12.1 Å². The first-order valence-corrected chi connectivity index (χ1v) is 12.2. The monoisotopic (exact) mass is 422 g/mol. The molecule has 3 fully saturated rings. The fourth-order valence-corrected chi connectivity index (χ4v) is 6.67. The molecule has 2 aromatic heterocycles. The molecule has 1 aliphatic heterocycles. The first kappa shape index (κ1) is 20.0. The summed E-state index contributed by atoms with van der Waals surface area (Å²) in [7, 11) is 0. The largest absolute Gasteiger partial charge is 0.352 e. The molecular weight excluding hydrogens is 388 g/mol. The normalized spacial score (nSPS) is 25.8. The van der Waals surface area contributed by atoms with Gasteiger partial charge in [0.2, 0.25) is 0 Å². The standard InChI is InChI=1S/C25H34N4S/c1-17-16-21(18(2)28(17)19-10-4-3-5-11-19)24-23(22-14-8-9-15-26-22)27-25(30)29(24)20-12-6-7-13-20/h8-9,14-16,19-20,23-24H,3-7,10-13H2,1-2H3,(H,27,30)/t23-,24-/m1/s1. The smallest absolute Gasteiger partial charge is 0.170 e. The Labute approximate surface area is 186 Å². The predicted molar refractivity (Wildman–Crippen MR) is 126 cm³/mol. The minimum absolute atomic E-state index is 0.111. The van der Waals surface area contributed by atoms with Gasteiger partial charge in [0.15, 0.2) is 5.11 Å². The highest BCUT2D eigenvalue weighted by molar-refractivity contribution is 7.80. The second kappa shape index (κ2) is 8.33. The fourth-order valence-electron chi connectivity index (χ4n) is 6.28. The highest BCUT2D eigenvalue weighted by Gasteiger charge is 2.45. The fraction of sp³-hybridized carbons (Fsp3) is 0.600. The van der Waals surface area contributed by atoms with E-state index in [4.69, 9.17) is 17.2 Å². The maximum atomic E-state index is 5.92. The molecule has 5 rings (SSSR count). The van der Waals surface area contributed by atoms with Crippen molar-refractivity contribution >= 4 is 17.3 Å².